The molecule has 1 aromatic carbocycles. The van der Waals surface area contributed by atoms with Gasteiger partial charge in [-0.25, -0.2) is 4.98 Å². The van der Waals surface area contributed by atoms with E-state index in [4.69, 9.17) is 11.6 Å². The lowest BCUT2D eigenvalue weighted by Crippen LogP contribution is -2.16. The Bertz CT molecular complexity index is 632. The summed E-state index contributed by atoms with van der Waals surface area (Å²) >= 11 is 7.21. The topological polar surface area (TPSA) is 80.1 Å². The van der Waals surface area contributed by atoms with Crippen molar-refractivity contribution in [2.75, 3.05) is 18.4 Å². The van der Waals surface area contributed by atoms with Gasteiger partial charge in [-0.15, -0.1) is 11.3 Å². The molecule has 0 atom stereocenters. The van der Waals surface area contributed by atoms with E-state index in [0.29, 0.717) is 15.8 Å². The molecule has 0 fully saturated rings. The van der Waals surface area contributed by atoms with Crippen LogP contribution in [0, 0.1) is 10.1 Å². The average Bonchev–Trinajstić information content (AvgIpc) is 2.88. The summed E-state index contributed by atoms with van der Waals surface area (Å²) in [7, 11) is 0. The number of likely N-dealkylation sites (N-methyl/N-ethyl adjacent to an activating group) is 1. The minimum atomic E-state index is -0.464. The molecule has 0 aliphatic heterocycles. The molecule has 0 aliphatic carbocycles. The first-order valence-corrected chi connectivity index (χ1v) is 7.72. The summed E-state index contributed by atoms with van der Waals surface area (Å²) in [5.41, 5.74) is 1.28. The molecule has 0 radical (unpaired) electrons. The normalized spacial score (nSPS) is 10.6. The first kappa shape index (κ1) is 15.7. The Labute approximate surface area is 131 Å². The lowest BCUT2D eigenvalue weighted by Gasteiger charge is -2.04. The molecular formula is C13H15ClN4O2S. The highest BCUT2D eigenvalue weighted by molar-refractivity contribution is 7.13. The van der Waals surface area contributed by atoms with Crippen molar-refractivity contribution in [1.29, 1.82) is 0 Å². The second-order valence-electron chi connectivity index (χ2n) is 4.29. The first-order valence-electron chi connectivity index (χ1n) is 6.46. The van der Waals surface area contributed by atoms with Crippen LogP contribution in [0.5, 0.6) is 0 Å². The van der Waals surface area contributed by atoms with Crippen LogP contribution in [0.2, 0.25) is 5.02 Å². The van der Waals surface area contributed by atoms with Gasteiger partial charge in [0.25, 0.3) is 5.69 Å². The fraction of sp³-hybridized carbons (Fsp3) is 0.308. The van der Waals surface area contributed by atoms with Crippen LogP contribution in [0.1, 0.15) is 12.6 Å². The molecular weight excluding hydrogens is 312 g/mol. The van der Waals surface area contributed by atoms with Crippen LogP contribution in [0.15, 0.2) is 23.6 Å². The zero-order chi connectivity index (χ0) is 15.2. The van der Waals surface area contributed by atoms with Crippen LogP contribution in [0.25, 0.3) is 0 Å². The van der Waals surface area contributed by atoms with E-state index in [1.54, 1.807) is 12.1 Å². The second-order valence-corrected chi connectivity index (χ2v) is 5.59. The fourth-order valence-electron chi connectivity index (χ4n) is 1.75. The van der Waals surface area contributed by atoms with Crippen molar-refractivity contribution in [3.63, 3.8) is 0 Å². The Balaban J connectivity index is 2.10. The fourth-order valence-corrected chi connectivity index (χ4v) is 2.67. The number of hydrogen-bond donors (Lipinski definition) is 2. The maximum Gasteiger partial charge on any atom is 0.294 e. The van der Waals surface area contributed by atoms with Crippen molar-refractivity contribution in [2.24, 2.45) is 0 Å². The lowest BCUT2D eigenvalue weighted by atomic mass is 10.2. The van der Waals surface area contributed by atoms with Crippen molar-refractivity contribution in [3.8, 4) is 0 Å². The van der Waals surface area contributed by atoms with E-state index in [1.807, 2.05) is 12.3 Å². The Kier molecular flexibility index (Phi) is 5.49. The first-order chi connectivity index (χ1) is 10.1. The number of benzene rings is 1. The van der Waals surface area contributed by atoms with E-state index in [-0.39, 0.29) is 5.69 Å². The van der Waals surface area contributed by atoms with E-state index < -0.39 is 4.92 Å². The molecule has 0 spiro atoms. The molecule has 8 heteroatoms. The summed E-state index contributed by atoms with van der Waals surface area (Å²) in [6.45, 7) is 3.83. The highest BCUT2D eigenvalue weighted by Gasteiger charge is 2.15. The maximum atomic E-state index is 11.0. The van der Waals surface area contributed by atoms with Crippen molar-refractivity contribution in [3.05, 3.63) is 44.4 Å². The number of halogens is 1. The van der Waals surface area contributed by atoms with Crippen molar-refractivity contribution < 1.29 is 4.92 Å². The predicted octanol–water partition coefficient (Wildman–Crippen LogP) is 3.60. The SMILES string of the molecule is CCNCCc1csc(Nc2ccc(Cl)cc2[N+](=O)[O-])n1. The van der Waals surface area contributed by atoms with Gasteiger partial charge in [-0.1, -0.05) is 18.5 Å². The van der Waals surface area contributed by atoms with Gasteiger partial charge in [0.05, 0.1) is 10.6 Å². The van der Waals surface area contributed by atoms with E-state index >= 15 is 0 Å². The predicted molar refractivity (Wildman–Crippen MR) is 85.8 cm³/mol. The third-order valence-electron chi connectivity index (χ3n) is 2.76. The molecule has 0 amide bonds. The van der Waals surface area contributed by atoms with Crippen LogP contribution in [-0.4, -0.2) is 23.0 Å². The van der Waals surface area contributed by atoms with Crippen LogP contribution in [0.3, 0.4) is 0 Å². The van der Waals surface area contributed by atoms with Gasteiger partial charge in [0.2, 0.25) is 0 Å². The summed E-state index contributed by atoms with van der Waals surface area (Å²) in [6.07, 6.45) is 0.828. The summed E-state index contributed by atoms with van der Waals surface area (Å²) in [5, 5.41) is 20.1. The van der Waals surface area contributed by atoms with Crippen LogP contribution >= 0.6 is 22.9 Å². The van der Waals surface area contributed by atoms with Crippen LogP contribution in [0.4, 0.5) is 16.5 Å². The zero-order valence-corrected chi connectivity index (χ0v) is 13.0. The smallest absolute Gasteiger partial charge is 0.294 e. The molecule has 6 nitrogen and oxygen atoms in total. The largest absolute Gasteiger partial charge is 0.326 e. The molecule has 0 unspecified atom stereocenters. The van der Waals surface area contributed by atoms with Crippen LogP contribution in [-0.2, 0) is 6.42 Å². The number of rotatable bonds is 7. The molecule has 112 valence electrons. The van der Waals surface area contributed by atoms with Gasteiger partial charge in [0.1, 0.15) is 5.69 Å². The Morgan fingerprint density at radius 2 is 2.29 bits per heavy atom. The number of nitrogens with zero attached hydrogens (tertiary/aromatic N) is 2. The lowest BCUT2D eigenvalue weighted by molar-refractivity contribution is -0.383. The van der Waals surface area contributed by atoms with Gasteiger partial charge in [0, 0.05) is 29.4 Å². The van der Waals surface area contributed by atoms with Crippen molar-refractivity contribution in [1.82, 2.24) is 10.3 Å². The third kappa shape index (κ3) is 4.38. The summed E-state index contributed by atoms with van der Waals surface area (Å²) in [4.78, 5) is 15.0. The highest BCUT2D eigenvalue weighted by Crippen LogP contribution is 2.31. The van der Waals surface area contributed by atoms with Gasteiger partial charge in [-0.2, -0.15) is 0 Å². The van der Waals surface area contributed by atoms with E-state index in [9.17, 15) is 10.1 Å². The summed E-state index contributed by atoms with van der Waals surface area (Å²) < 4.78 is 0. The van der Waals surface area contributed by atoms with Gasteiger partial charge in [0.15, 0.2) is 5.13 Å². The Hall–Kier alpha value is -1.70. The highest BCUT2D eigenvalue weighted by atomic mass is 35.5. The number of anilines is 2. The van der Waals surface area contributed by atoms with Crippen LogP contribution < -0.4 is 10.6 Å². The molecule has 0 saturated heterocycles. The number of thiazole rings is 1. The molecule has 21 heavy (non-hydrogen) atoms. The van der Waals surface area contributed by atoms with Crippen molar-refractivity contribution >= 4 is 39.4 Å². The molecule has 0 aliphatic rings. The number of hydrogen-bond acceptors (Lipinski definition) is 6. The van der Waals surface area contributed by atoms with Gasteiger partial charge >= 0.3 is 0 Å². The van der Waals surface area contributed by atoms with E-state index in [0.717, 1.165) is 25.2 Å². The summed E-state index contributed by atoms with van der Waals surface area (Å²) in [5.74, 6) is 0. The standard InChI is InChI=1S/C13H15ClN4O2S/c1-2-15-6-5-10-8-21-13(16-10)17-11-4-3-9(14)7-12(11)18(19)20/h3-4,7-8,15H,2,5-6H2,1H3,(H,16,17). The molecule has 2 rings (SSSR count). The third-order valence-corrected chi connectivity index (χ3v) is 3.80. The van der Waals surface area contributed by atoms with E-state index in [1.165, 1.54) is 17.4 Å². The number of nitro benzene ring substituents is 1. The minimum Gasteiger partial charge on any atom is -0.326 e. The van der Waals surface area contributed by atoms with Crippen molar-refractivity contribution in [2.45, 2.75) is 13.3 Å². The van der Waals surface area contributed by atoms with E-state index in [2.05, 4.69) is 15.6 Å². The summed E-state index contributed by atoms with van der Waals surface area (Å²) in [6, 6.07) is 4.51. The Morgan fingerprint density at radius 3 is 3.00 bits per heavy atom. The molecule has 2 aromatic rings. The molecule has 1 aromatic heterocycles. The quantitative estimate of drug-likeness (QED) is 0.461. The Morgan fingerprint density at radius 1 is 1.48 bits per heavy atom. The number of nitro groups is 1. The monoisotopic (exact) mass is 326 g/mol. The minimum absolute atomic E-state index is 0.0631. The van der Waals surface area contributed by atoms with Gasteiger partial charge in [-0.3, -0.25) is 10.1 Å². The molecule has 1 heterocycles. The number of nitrogens with one attached hydrogen (secondary N) is 2. The molecule has 0 saturated carbocycles. The average molecular weight is 327 g/mol. The zero-order valence-electron chi connectivity index (χ0n) is 11.4. The van der Waals surface area contributed by atoms with Gasteiger partial charge < -0.3 is 10.6 Å². The molecule has 0 bridgehead atoms. The molecule has 2 N–H and O–H groups in total. The number of aromatic nitrogens is 1. The maximum absolute atomic E-state index is 11.0. The van der Waals surface area contributed by atoms with Gasteiger partial charge in [-0.05, 0) is 18.7 Å². The second kappa shape index (κ2) is 7.35.